The quantitative estimate of drug-likeness (QED) is 0.831. The number of aromatic nitrogens is 4. The SMILES string of the molecule is CCc1nn(C2(C)CCS(=O)(=O)C2)c2n[nH]c(N)c12. The van der Waals surface area contributed by atoms with Crippen molar-refractivity contribution >= 4 is 26.7 Å². The van der Waals surface area contributed by atoms with Gasteiger partial charge in [-0.25, -0.2) is 13.1 Å². The molecule has 3 rings (SSSR count). The number of fused-ring (bicyclic) bond motifs is 1. The largest absolute Gasteiger partial charge is 0.383 e. The first-order valence-electron chi connectivity index (χ1n) is 6.29. The fourth-order valence-electron chi connectivity index (χ4n) is 2.79. The molecule has 1 unspecified atom stereocenters. The number of hydrogen-bond acceptors (Lipinski definition) is 5. The standard InChI is InChI=1S/C11H17N5O2S/c1-3-7-8-9(12)13-14-10(8)16(15-7)11(2)4-5-19(17,18)6-11/h3-6H2,1-2H3,(H3,12,13,14). The van der Waals surface area contributed by atoms with Crippen LogP contribution in [0.3, 0.4) is 0 Å². The number of nitrogens with two attached hydrogens (primary N) is 1. The summed E-state index contributed by atoms with van der Waals surface area (Å²) in [6.07, 6.45) is 1.29. The van der Waals surface area contributed by atoms with Crippen LogP contribution in [0.5, 0.6) is 0 Å². The number of nitrogens with one attached hydrogen (secondary N) is 1. The second kappa shape index (κ2) is 3.72. The van der Waals surface area contributed by atoms with Crippen LogP contribution in [0.25, 0.3) is 11.0 Å². The molecule has 1 saturated heterocycles. The highest BCUT2D eigenvalue weighted by Gasteiger charge is 2.42. The van der Waals surface area contributed by atoms with E-state index in [0.717, 1.165) is 17.5 Å². The lowest BCUT2D eigenvalue weighted by atomic mass is 10.0. The number of anilines is 1. The Morgan fingerprint density at radius 3 is 2.84 bits per heavy atom. The number of nitrogens with zero attached hydrogens (tertiary/aromatic N) is 3. The summed E-state index contributed by atoms with van der Waals surface area (Å²) in [6.45, 7) is 3.90. The Morgan fingerprint density at radius 2 is 2.26 bits per heavy atom. The van der Waals surface area contributed by atoms with E-state index in [4.69, 9.17) is 5.73 Å². The van der Waals surface area contributed by atoms with E-state index in [0.29, 0.717) is 17.9 Å². The van der Waals surface area contributed by atoms with Crippen molar-refractivity contribution in [1.82, 2.24) is 20.0 Å². The van der Waals surface area contributed by atoms with Gasteiger partial charge in [0.2, 0.25) is 0 Å². The van der Waals surface area contributed by atoms with Gasteiger partial charge in [0.15, 0.2) is 15.5 Å². The molecule has 0 amide bonds. The van der Waals surface area contributed by atoms with Gasteiger partial charge in [-0.1, -0.05) is 6.92 Å². The van der Waals surface area contributed by atoms with Gasteiger partial charge in [0.25, 0.3) is 0 Å². The molecule has 3 N–H and O–H groups in total. The van der Waals surface area contributed by atoms with Gasteiger partial charge in [-0.2, -0.15) is 10.2 Å². The number of aryl methyl sites for hydroxylation is 1. The van der Waals surface area contributed by atoms with E-state index in [1.54, 1.807) is 4.68 Å². The van der Waals surface area contributed by atoms with Crippen LogP contribution < -0.4 is 5.73 Å². The van der Waals surface area contributed by atoms with Crippen LogP contribution in [0.2, 0.25) is 0 Å². The normalized spacial score (nSPS) is 26.2. The second-order valence-electron chi connectivity index (χ2n) is 5.39. The van der Waals surface area contributed by atoms with Crippen LogP contribution >= 0.6 is 0 Å². The molecule has 0 saturated carbocycles. The lowest BCUT2D eigenvalue weighted by molar-refractivity contribution is 0.335. The van der Waals surface area contributed by atoms with Gasteiger partial charge < -0.3 is 5.73 Å². The Hall–Kier alpha value is -1.57. The van der Waals surface area contributed by atoms with E-state index in [-0.39, 0.29) is 11.5 Å². The minimum absolute atomic E-state index is 0.104. The van der Waals surface area contributed by atoms with E-state index >= 15 is 0 Å². The summed E-state index contributed by atoms with van der Waals surface area (Å²) in [5, 5.41) is 12.3. The number of hydrogen-bond donors (Lipinski definition) is 2. The first-order valence-corrected chi connectivity index (χ1v) is 8.11. The monoisotopic (exact) mass is 283 g/mol. The van der Waals surface area contributed by atoms with Gasteiger partial charge in [0.1, 0.15) is 5.82 Å². The molecule has 1 atom stereocenters. The maximum Gasteiger partial charge on any atom is 0.182 e. The molecule has 0 bridgehead atoms. The van der Waals surface area contributed by atoms with Crippen molar-refractivity contribution in [2.45, 2.75) is 32.2 Å². The molecule has 1 aliphatic rings. The van der Waals surface area contributed by atoms with Crippen LogP contribution in [0.4, 0.5) is 5.82 Å². The molecule has 7 nitrogen and oxygen atoms in total. The smallest absolute Gasteiger partial charge is 0.182 e. The van der Waals surface area contributed by atoms with Crippen LogP contribution in [-0.2, 0) is 21.8 Å². The lowest BCUT2D eigenvalue weighted by Crippen LogP contribution is -2.32. The average Bonchev–Trinajstić information content (AvgIpc) is 2.95. The first-order chi connectivity index (χ1) is 8.86. The maximum atomic E-state index is 11.7. The zero-order chi connectivity index (χ0) is 13.8. The molecule has 0 aliphatic carbocycles. The highest BCUT2D eigenvalue weighted by molar-refractivity contribution is 7.91. The van der Waals surface area contributed by atoms with Gasteiger partial charge in [-0.3, -0.25) is 5.10 Å². The zero-order valence-corrected chi connectivity index (χ0v) is 11.8. The minimum Gasteiger partial charge on any atom is -0.383 e. The molecule has 1 aliphatic heterocycles. The van der Waals surface area contributed by atoms with Gasteiger partial charge in [0.05, 0.1) is 28.1 Å². The summed E-state index contributed by atoms with van der Waals surface area (Å²) < 4.78 is 25.2. The van der Waals surface area contributed by atoms with Crippen molar-refractivity contribution in [3.8, 4) is 0 Å². The summed E-state index contributed by atoms with van der Waals surface area (Å²) in [6, 6.07) is 0. The fourth-order valence-corrected chi connectivity index (χ4v) is 4.89. The second-order valence-corrected chi connectivity index (χ2v) is 7.57. The summed E-state index contributed by atoms with van der Waals surface area (Å²) in [4.78, 5) is 0. The highest BCUT2D eigenvalue weighted by atomic mass is 32.2. The van der Waals surface area contributed by atoms with Crippen molar-refractivity contribution in [2.24, 2.45) is 0 Å². The van der Waals surface area contributed by atoms with E-state index in [9.17, 15) is 8.42 Å². The number of aromatic amines is 1. The van der Waals surface area contributed by atoms with Crippen LogP contribution in [0.1, 0.15) is 26.0 Å². The Balaban J connectivity index is 2.21. The van der Waals surface area contributed by atoms with Crippen LogP contribution in [0.15, 0.2) is 0 Å². The summed E-state index contributed by atoms with van der Waals surface area (Å²) >= 11 is 0. The zero-order valence-electron chi connectivity index (χ0n) is 11.0. The highest BCUT2D eigenvalue weighted by Crippen LogP contribution is 2.34. The number of H-pyrrole nitrogens is 1. The van der Waals surface area contributed by atoms with Crippen LogP contribution in [0, 0.1) is 0 Å². The Labute approximate surface area is 111 Å². The molecule has 0 spiro atoms. The first kappa shape index (κ1) is 12.5. The van der Waals surface area contributed by atoms with Gasteiger partial charge in [-0.15, -0.1) is 0 Å². The average molecular weight is 283 g/mol. The van der Waals surface area contributed by atoms with Crippen molar-refractivity contribution in [2.75, 3.05) is 17.2 Å². The van der Waals surface area contributed by atoms with E-state index in [2.05, 4.69) is 15.3 Å². The third kappa shape index (κ3) is 1.73. The predicted molar refractivity (Wildman–Crippen MR) is 72.6 cm³/mol. The van der Waals surface area contributed by atoms with Gasteiger partial charge >= 0.3 is 0 Å². The van der Waals surface area contributed by atoms with Gasteiger partial charge in [0, 0.05) is 0 Å². The molecular weight excluding hydrogens is 266 g/mol. The third-order valence-electron chi connectivity index (χ3n) is 3.81. The summed E-state index contributed by atoms with van der Waals surface area (Å²) in [7, 11) is -2.99. The number of sulfone groups is 1. The maximum absolute atomic E-state index is 11.7. The Bertz CT molecular complexity index is 745. The molecule has 19 heavy (non-hydrogen) atoms. The van der Waals surface area contributed by atoms with Gasteiger partial charge in [-0.05, 0) is 19.8 Å². The molecule has 104 valence electrons. The van der Waals surface area contributed by atoms with Crippen LogP contribution in [-0.4, -0.2) is 39.9 Å². The van der Waals surface area contributed by atoms with E-state index in [1.165, 1.54) is 0 Å². The molecule has 8 heteroatoms. The van der Waals surface area contributed by atoms with Crippen molar-refractivity contribution in [3.05, 3.63) is 5.69 Å². The topological polar surface area (TPSA) is 107 Å². The van der Waals surface area contributed by atoms with Crippen molar-refractivity contribution in [3.63, 3.8) is 0 Å². The predicted octanol–water partition coefficient (Wildman–Crippen LogP) is 0.438. The van der Waals surface area contributed by atoms with E-state index in [1.807, 2.05) is 13.8 Å². The summed E-state index contributed by atoms with van der Waals surface area (Å²) in [5.74, 6) is 0.793. The number of rotatable bonds is 2. The Morgan fingerprint density at radius 1 is 1.53 bits per heavy atom. The minimum atomic E-state index is -2.99. The molecule has 0 radical (unpaired) electrons. The molecular formula is C11H17N5O2S. The lowest BCUT2D eigenvalue weighted by Gasteiger charge is -2.22. The van der Waals surface area contributed by atoms with E-state index < -0.39 is 15.4 Å². The fraction of sp³-hybridized carbons (Fsp3) is 0.636. The molecule has 2 aromatic rings. The van der Waals surface area contributed by atoms with Crippen molar-refractivity contribution in [1.29, 1.82) is 0 Å². The summed E-state index contributed by atoms with van der Waals surface area (Å²) in [5.41, 5.74) is 6.84. The molecule has 0 aromatic carbocycles. The van der Waals surface area contributed by atoms with Crippen molar-refractivity contribution < 1.29 is 8.42 Å². The molecule has 3 heterocycles. The number of nitrogen functional groups attached to an aromatic ring is 1. The third-order valence-corrected chi connectivity index (χ3v) is 5.70. The molecule has 2 aromatic heterocycles. The molecule has 1 fully saturated rings. The Kier molecular flexibility index (Phi) is 2.44.